The van der Waals surface area contributed by atoms with Crippen LogP contribution in [-0.4, -0.2) is 55.2 Å². The van der Waals surface area contributed by atoms with E-state index in [-0.39, 0.29) is 0 Å². The van der Waals surface area contributed by atoms with E-state index < -0.39 is 0 Å². The molecule has 0 spiro atoms. The SMILES string of the molecule is Nc1ccc(CN2CCC(N3CCOCC3)C2)cc1Br. The molecule has 3 rings (SSSR count). The molecule has 2 N–H and O–H groups in total. The fraction of sp³-hybridized carbons (Fsp3) is 0.600. The van der Waals surface area contributed by atoms with Crippen molar-refractivity contribution in [1.29, 1.82) is 0 Å². The Morgan fingerprint density at radius 1 is 1.25 bits per heavy atom. The van der Waals surface area contributed by atoms with E-state index in [4.69, 9.17) is 10.5 Å². The summed E-state index contributed by atoms with van der Waals surface area (Å²) in [6, 6.07) is 6.95. The lowest BCUT2D eigenvalue weighted by atomic mass is 10.2. The molecule has 0 bridgehead atoms. The van der Waals surface area contributed by atoms with Crippen molar-refractivity contribution >= 4 is 21.6 Å². The van der Waals surface area contributed by atoms with Crippen LogP contribution in [0.4, 0.5) is 5.69 Å². The number of benzene rings is 1. The molecule has 0 saturated carbocycles. The van der Waals surface area contributed by atoms with Gasteiger partial charge in [-0.15, -0.1) is 0 Å². The average molecular weight is 340 g/mol. The highest BCUT2D eigenvalue weighted by atomic mass is 79.9. The number of nitrogens with zero attached hydrogens (tertiary/aromatic N) is 2. The molecule has 4 nitrogen and oxygen atoms in total. The first-order valence-electron chi connectivity index (χ1n) is 7.30. The van der Waals surface area contributed by atoms with Gasteiger partial charge in [-0.2, -0.15) is 0 Å². The van der Waals surface area contributed by atoms with Crippen LogP contribution in [-0.2, 0) is 11.3 Å². The second kappa shape index (κ2) is 6.43. The Morgan fingerprint density at radius 3 is 2.80 bits per heavy atom. The molecule has 20 heavy (non-hydrogen) atoms. The number of likely N-dealkylation sites (tertiary alicyclic amines) is 1. The number of nitrogen functional groups attached to an aromatic ring is 1. The number of morpholine rings is 1. The van der Waals surface area contributed by atoms with E-state index in [1.807, 2.05) is 6.07 Å². The van der Waals surface area contributed by atoms with Crippen LogP contribution in [0, 0.1) is 0 Å². The van der Waals surface area contributed by atoms with E-state index in [2.05, 4.69) is 37.9 Å². The molecule has 2 saturated heterocycles. The molecule has 0 aliphatic carbocycles. The third-order valence-electron chi connectivity index (χ3n) is 4.28. The molecule has 1 aromatic carbocycles. The lowest BCUT2D eigenvalue weighted by Crippen LogP contribution is -2.44. The Bertz CT molecular complexity index is 462. The first-order chi connectivity index (χ1) is 9.72. The number of anilines is 1. The van der Waals surface area contributed by atoms with Crippen molar-refractivity contribution < 1.29 is 4.74 Å². The highest BCUT2D eigenvalue weighted by Crippen LogP contribution is 2.23. The minimum atomic E-state index is 0.705. The van der Waals surface area contributed by atoms with Crippen molar-refractivity contribution in [3.05, 3.63) is 28.2 Å². The summed E-state index contributed by atoms with van der Waals surface area (Å²) >= 11 is 3.50. The van der Waals surface area contributed by atoms with E-state index >= 15 is 0 Å². The number of halogens is 1. The van der Waals surface area contributed by atoms with Crippen molar-refractivity contribution in [2.24, 2.45) is 0 Å². The van der Waals surface area contributed by atoms with Gasteiger partial charge in [0.25, 0.3) is 0 Å². The summed E-state index contributed by atoms with van der Waals surface area (Å²) in [6.45, 7) is 7.33. The first-order valence-corrected chi connectivity index (χ1v) is 8.10. The highest BCUT2D eigenvalue weighted by Gasteiger charge is 2.28. The van der Waals surface area contributed by atoms with E-state index in [9.17, 15) is 0 Å². The fourth-order valence-corrected chi connectivity index (χ4v) is 3.55. The molecule has 1 unspecified atom stereocenters. The van der Waals surface area contributed by atoms with Gasteiger partial charge in [-0.1, -0.05) is 6.07 Å². The van der Waals surface area contributed by atoms with Gasteiger partial charge in [0.1, 0.15) is 0 Å². The maximum absolute atomic E-state index is 5.84. The van der Waals surface area contributed by atoms with Gasteiger partial charge in [0.2, 0.25) is 0 Å². The van der Waals surface area contributed by atoms with Crippen molar-refractivity contribution in [2.45, 2.75) is 19.0 Å². The number of hydrogen-bond acceptors (Lipinski definition) is 4. The number of ether oxygens (including phenoxy) is 1. The van der Waals surface area contributed by atoms with E-state index in [1.54, 1.807) is 0 Å². The van der Waals surface area contributed by atoms with E-state index in [0.29, 0.717) is 6.04 Å². The fourth-order valence-electron chi connectivity index (χ4n) is 3.12. The zero-order chi connectivity index (χ0) is 13.9. The standard InChI is InChI=1S/C15H22BrN3O/c16-14-9-12(1-2-15(14)17)10-18-4-3-13(11-18)19-5-7-20-8-6-19/h1-2,9,13H,3-8,10-11,17H2. The maximum Gasteiger partial charge on any atom is 0.0594 e. The quantitative estimate of drug-likeness (QED) is 0.854. The molecule has 2 aliphatic heterocycles. The van der Waals surface area contributed by atoms with Crippen LogP contribution in [0.5, 0.6) is 0 Å². The lowest BCUT2D eigenvalue weighted by molar-refractivity contribution is 0.0184. The van der Waals surface area contributed by atoms with Crippen molar-refractivity contribution in [3.8, 4) is 0 Å². The third kappa shape index (κ3) is 3.34. The first kappa shape index (κ1) is 14.3. The van der Waals surface area contributed by atoms with Gasteiger partial charge >= 0.3 is 0 Å². The molecule has 1 aromatic rings. The van der Waals surface area contributed by atoms with Gasteiger partial charge < -0.3 is 10.5 Å². The van der Waals surface area contributed by atoms with Gasteiger partial charge in [0.15, 0.2) is 0 Å². The molecule has 2 aliphatic rings. The van der Waals surface area contributed by atoms with Crippen LogP contribution in [0.3, 0.4) is 0 Å². The predicted octanol–water partition coefficient (Wildman–Crippen LogP) is 1.94. The Kier molecular flexibility index (Phi) is 4.61. The molecular formula is C15H22BrN3O. The Hall–Kier alpha value is -0.620. The number of rotatable bonds is 3. The lowest BCUT2D eigenvalue weighted by Gasteiger charge is -2.32. The van der Waals surface area contributed by atoms with E-state index in [1.165, 1.54) is 25.1 Å². The molecule has 2 heterocycles. The van der Waals surface area contributed by atoms with Crippen molar-refractivity contribution in [3.63, 3.8) is 0 Å². The number of hydrogen-bond donors (Lipinski definition) is 1. The van der Waals surface area contributed by atoms with Gasteiger partial charge in [0.05, 0.1) is 13.2 Å². The van der Waals surface area contributed by atoms with Gasteiger partial charge in [-0.3, -0.25) is 9.80 Å². The molecule has 5 heteroatoms. The molecule has 0 amide bonds. The van der Waals surface area contributed by atoms with Gasteiger partial charge in [-0.25, -0.2) is 0 Å². The Morgan fingerprint density at radius 2 is 2.05 bits per heavy atom. The molecule has 1 atom stereocenters. The smallest absolute Gasteiger partial charge is 0.0594 e. The minimum Gasteiger partial charge on any atom is -0.398 e. The van der Waals surface area contributed by atoms with Crippen LogP contribution in [0.15, 0.2) is 22.7 Å². The van der Waals surface area contributed by atoms with Crippen LogP contribution in [0.1, 0.15) is 12.0 Å². The second-order valence-electron chi connectivity index (χ2n) is 5.68. The zero-order valence-electron chi connectivity index (χ0n) is 11.7. The molecular weight excluding hydrogens is 318 g/mol. The summed E-state index contributed by atoms with van der Waals surface area (Å²) in [5, 5.41) is 0. The summed E-state index contributed by atoms with van der Waals surface area (Å²) in [6.07, 6.45) is 1.27. The highest BCUT2D eigenvalue weighted by molar-refractivity contribution is 9.10. The van der Waals surface area contributed by atoms with Crippen LogP contribution >= 0.6 is 15.9 Å². The summed E-state index contributed by atoms with van der Waals surface area (Å²) in [5.74, 6) is 0. The van der Waals surface area contributed by atoms with E-state index in [0.717, 1.165) is 43.0 Å². The van der Waals surface area contributed by atoms with Gasteiger partial charge in [0, 0.05) is 48.9 Å². The summed E-state index contributed by atoms with van der Waals surface area (Å²) < 4.78 is 6.43. The van der Waals surface area contributed by atoms with Crippen molar-refractivity contribution in [2.75, 3.05) is 45.1 Å². The Balaban J connectivity index is 1.55. The third-order valence-corrected chi connectivity index (χ3v) is 4.97. The van der Waals surface area contributed by atoms with Crippen LogP contribution in [0.25, 0.3) is 0 Å². The predicted molar refractivity (Wildman–Crippen MR) is 84.6 cm³/mol. The Labute approximate surface area is 129 Å². The van der Waals surface area contributed by atoms with Gasteiger partial charge in [-0.05, 0) is 40.0 Å². The maximum atomic E-state index is 5.84. The van der Waals surface area contributed by atoms with Crippen molar-refractivity contribution in [1.82, 2.24) is 9.80 Å². The monoisotopic (exact) mass is 339 g/mol. The average Bonchev–Trinajstić information content (AvgIpc) is 2.92. The van der Waals surface area contributed by atoms with Crippen LogP contribution in [0.2, 0.25) is 0 Å². The molecule has 0 aromatic heterocycles. The summed E-state index contributed by atoms with van der Waals surface area (Å²) in [5.41, 5.74) is 7.97. The number of nitrogens with two attached hydrogens (primary N) is 1. The van der Waals surface area contributed by atoms with Crippen LogP contribution < -0.4 is 5.73 Å². The topological polar surface area (TPSA) is 41.7 Å². The normalized spacial score (nSPS) is 25.1. The summed E-state index contributed by atoms with van der Waals surface area (Å²) in [4.78, 5) is 5.13. The molecule has 2 fully saturated rings. The minimum absolute atomic E-state index is 0.705. The summed E-state index contributed by atoms with van der Waals surface area (Å²) in [7, 11) is 0. The molecule has 0 radical (unpaired) electrons. The second-order valence-corrected chi connectivity index (χ2v) is 6.54. The largest absolute Gasteiger partial charge is 0.398 e. The zero-order valence-corrected chi connectivity index (χ0v) is 13.3. The molecule has 110 valence electrons.